The van der Waals surface area contributed by atoms with Gasteiger partial charge in [-0.2, -0.15) is 10.4 Å². The number of carbonyl (C=O) groups is 2. The van der Waals surface area contributed by atoms with Crippen molar-refractivity contribution < 1.29 is 9.59 Å². The van der Waals surface area contributed by atoms with Crippen molar-refractivity contribution in [1.29, 1.82) is 5.26 Å². The maximum Gasteiger partial charge on any atom is 0.251 e. The first-order valence-corrected chi connectivity index (χ1v) is 10.9. The number of aryl methyl sites for hydroxylation is 2. The van der Waals surface area contributed by atoms with Gasteiger partial charge in [-0.05, 0) is 50.8 Å². The second-order valence-electron chi connectivity index (χ2n) is 8.16. The average molecular weight is 431 g/mol. The van der Waals surface area contributed by atoms with Gasteiger partial charge in [-0.25, -0.2) is 9.50 Å². The van der Waals surface area contributed by atoms with Crippen molar-refractivity contribution in [3.8, 4) is 6.07 Å². The molecule has 1 N–H and O–H groups in total. The largest absolute Gasteiger partial charge is 0.349 e. The fraction of sp³-hybridized carbons (Fsp3) is 0.375. The number of hydrogen-bond acceptors (Lipinski definition) is 5. The fourth-order valence-electron chi connectivity index (χ4n) is 4.27. The molecule has 0 bridgehead atoms. The minimum Gasteiger partial charge on any atom is -0.349 e. The number of likely N-dealkylation sites (tertiary alicyclic amines) is 1. The molecule has 0 saturated carbocycles. The average Bonchev–Trinajstić information content (AvgIpc) is 3.22. The molecule has 1 aliphatic rings. The van der Waals surface area contributed by atoms with E-state index in [0.29, 0.717) is 42.7 Å². The molecule has 8 heteroatoms. The van der Waals surface area contributed by atoms with Gasteiger partial charge in [0.1, 0.15) is 11.6 Å². The normalized spacial score (nSPS) is 14.3. The Hall–Kier alpha value is -3.73. The summed E-state index contributed by atoms with van der Waals surface area (Å²) in [6.07, 6.45) is 3.98. The summed E-state index contributed by atoms with van der Waals surface area (Å²) in [5.74, 6) is 0.0392. The lowest BCUT2D eigenvalue weighted by Gasteiger charge is -2.32. The molecule has 1 aliphatic heterocycles. The summed E-state index contributed by atoms with van der Waals surface area (Å²) < 4.78 is 1.67. The van der Waals surface area contributed by atoms with Crippen molar-refractivity contribution in [2.75, 3.05) is 13.1 Å². The third kappa shape index (κ3) is 4.33. The summed E-state index contributed by atoms with van der Waals surface area (Å²) in [6, 6.07) is 11.4. The van der Waals surface area contributed by atoms with E-state index in [1.165, 1.54) is 6.20 Å². The lowest BCUT2D eigenvalue weighted by atomic mass is 10.0. The van der Waals surface area contributed by atoms with E-state index in [1.807, 2.05) is 36.9 Å². The molecule has 2 amide bonds. The molecule has 4 rings (SSSR count). The Morgan fingerprint density at radius 1 is 1.19 bits per heavy atom. The number of nitrogens with zero attached hydrogens (tertiary/aromatic N) is 5. The Bertz CT molecular complexity index is 1190. The molecule has 2 aromatic heterocycles. The van der Waals surface area contributed by atoms with Crippen LogP contribution in [0.1, 0.15) is 52.1 Å². The molecule has 32 heavy (non-hydrogen) atoms. The predicted molar refractivity (Wildman–Crippen MR) is 119 cm³/mol. The summed E-state index contributed by atoms with van der Waals surface area (Å²) in [6.45, 7) is 5.12. The number of benzene rings is 1. The monoisotopic (exact) mass is 430 g/mol. The third-order valence-corrected chi connectivity index (χ3v) is 6.14. The van der Waals surface area contributed by atoms with Gasteiger partial charge >= 0.3 is 0 Å². The number of amides is 2. The minimum atomic E-state index is -0.0672. The molecular weight excluding hydrogens is 404 g/mol. The Morgan fingerprint density at radius 2 is 1.91 bits per heavy atom. The lowest BCUT2D eigenvalue weighted by Crippen LogP contribution is -2.46. The van der Waals surface area contributed by atoms with Crippen molar-refractivity contribution in [2.45, 2.75) is 45.6 Å². The van der Waals surface area contributed by atoms with Gasteiger partial charge in [0.2, 0.25) is 5.91 Å². The molecule has 0 unspecified atom stereocenters. The first-order valence-electron chi connectivity index (χ1n) is 10.9. The number of hydrogen-bond donors (Lipinski definition) is 1. The van der Waals surface area contributed by atoms with Crippen LogP contribution in [0.25, 0.3) is 5.65 Å². The number of aromatic nitrogens is 3. The second-order valence-corrected chi connectivity index (χ2v) is 8.16. The highest BCUT2D eigenvalue weighted by Gasteiger charge is 2.24. The molecule has 1 aromatic carbocycles. The van der Waals surface area contributed by atoms with Gasteiger partial charge in [-0.3, -0.25) is 9.59 Å². The zero-order chi connectivity index (χ0) is 22.7. The molecule has 3 aromatic rings. The Kier molecular flexibility index (Phi) is 6.17. The van der Waals surface area contributed by atoms with Gasteiger partial charge in [0.15, 0.2) is 5.65 Å². The van der Waals surface area contributed by atoms with Crippen LogP contribution in [0, 0.1) is 25.2 Å². The SMILES string of the molecule is Cc1nc2c(C#N)cnn2c(C)c1CCC(=O)N1CCC(NC(=O)c2ccccc2)CC1. The van der Waals surface area contributed by atoms with Crippen molar-refractivity contribution in [2.24, 2.45) is 0 Å². The molecule has 0 aliphatic carbocycles. The van der Waals surface area contributed by atoms with E-state index < -0.39 is 0 Å². The Morgan fingerprint density at radius 3 is 2.59 bits per heavy atom. The fourth-order valence-corrected chi connectivity index (χ4v) is 4.27. The topological polar surface area (TPSA) is 103 Å². The van der Waals surface area contributed by atoms with E-state index in [4.69, 9.17) is 0 Å². The van der Waals surface area contributed by atoms with Crippen LogP contribution in [0.2, 0.25) is 0 Å². The first kappa shape index (κ1) is 21.5. The van der Waals surface area contributed by atoms with Gasteiger partial charge in [0.05, 0.1) is 6.20 Å². The zero-order valence-corrected chi connectivity index (χ0v) is 18.3. The number of piperidine rings is 1. The lowest BCUT2D eigenvalue weighted by molar-refractivity contribution is -0.132. The number of carbonyl (C=O) groups excluding carboxylic acids is 2. The van der Waals surface area contributed by atoms with Crippen LogP contribution in [0.5, 0.6) is 0 Å². The summed E-state index contributed by atoms with van der Waals surface area (Å²) in [5, 5.41) is 16.5. The third-order valence-electron chi connectivity index (χ3n) is 6.14. The molecule has 3 heterocycles. The summed E-state index contributed by atoms with van der Waals surface area (Å²) in [4.78, 5) is 31.6. The van der Waals surface area contributed by atoms with Crippen molar-refractivity contribution in [1.82, 2.24) is 24.8 Å². The molecule has 8 nitrogen and oxygen atoms in total. The molecule has 0 radical (unpaired) electrons. The van der Waals surface area contributed by atoms with Crippen LogP contribution in [-0.2, 0) is 11.2 Å². The Balaban J connectivity index is 1.32. The molecule has 1 fully saturated rings. The van der Waals surface area contributed by atoms with E-state index in [1.54, 1.807) is 16.6 Å². The second kappa shape index (κ2) is 9.18. The highest BCUT2D eigenvalue weighted by atomic mass is 16.2. The molecule has 0 atom stereocenters. The summed E-state index contributed by atoms with van der Waals surface area (Å²) in [5.41, 5.74) is 4.37. The van der Waals surface area contributed by atoms with Gasteiger partial charge < -0.3 is 10.2 Å². The van der Waals surface area contributed by atoms with E-state index in [-0.39, 0.29) is 17.9 Å². The number of fused-ring (bicyclic) bond motifs is 1. The van der Waals surface area contributed by atoms with Crippen LogP contribution in [0.4, 0.5) is 0 Å². The van der Waals surface area contributed by atoms with Crippen molar-refractivity contribution in [3.05, 3.63) is 64.6 Å². The summed E-state index contributed by atoms with van der Waals surface area (Å²) >= 11 is 0. The number of rotatable bonds is 5. The summed E-state index contributed by atoms with van der Waals surface area (Å²) in [7, 11) is 0. The number of nitrogens with one attached hydrogen (secondary N) is 1. The molecule has 164 valence electrons. The van der Waals surface area contributed by atoms with Crippen LogP contribution in [-0.4, -0.2) is 50.4 Å². The zero-order valence-electron chi connectivity index (χ0n) is 18.3. The number of nitriles is 1. The minimum absolute atomic E-state index is 0.0672. The van der Waals surface area contributed by atoms with E-state index in [9.17, 15) is 14.9 Å². The van der Waals surface area contributed by atoms with Crippen LogP contribution >= 0.6 is 0 Å². The van der Waals surface area contributed by atoms with E-state index in [0.717, 1.165) is 29.8 Å². The predicted octanol–water partition coefficient (Wildman–Crippen LogP) is 2.57. The van der Waals surface area contributed by atoms with E-state index >= 15 is 0 Å². The van der Waals surface area contributed by atoms with Crippen LogP contribution in [0.3, 0.4) is 0 Å². The maximum absolute atomic E-state index is 12.8. The van der Waals surface area contributed by atoms with Crippen molar-refractivity contribution in [3.63, 3.8) is 0 Å². The van der Waals surface area contributed by atoms with Gasteiger partial charge in [0, 0.05) is 42.5 Å². The Labute approximate surface area is 186 Å². The van der Waals surface area contributed by atoms with Crippen LogP contribution in [0.15, 0.2) is 36.5 Å². The molecule has 0 spiro atoms. The standard InChI is InChI=1S/C24H26N6O2/c1-16-21(17(2)30-23(27-16)19(14-25)15-26-30)8-9-22(31)29-12-10-20(11-13-29)28-24(32)18-6-4-3-5-7-18/h3-7,15,20H,8-13H2,1-2H3,(H,28,32). The van der Waals surface area contributed by atoms with Gasteiger partial charge in [0.25, 0.3) is 5.91 Å². The van der Waals surface area contributed by atoms with Crippen molar-refractivity contribution >= 4 is 17.5 Å². The van der Waals surface area contributed by atoms with Gasteiger partial charge in [-0.15, -0.1) is 0 Å². The van der Waals surface area contributed by atoms with E-state index in [2.05, 4.69) is 21.5 Å². The van der Waals surface area contributed by atoms with Crippen LogP contribution < -0.4 is 5.32 Å². The first-order chi connectivity index (χ1) is 15.5. The maximum atomic E-state index is 12.8. The van der Waals surface area contributed by atoms with Gasteiger partial charge in [-0.1, -0.05) is 18.2 Å². The quantitative estimate of drug-likeness (QED) is 0.670. The highest BCUT2D eigenvalue weighted by molar-refractivity contribution is 5.94. The molecular formula is C24H26N6O2. The smallest absolute Gasteiger partial charge is 0.251 e. The highest BCUT2D eigenvalue weighted by Crippen LogP contribution is 2.19. The molecule has 1 saturated heterocycles.